The van der Waals surface area contributed by atoms with Gasteiger partial charge in [-0.2, -0.15) is 0 Å². The molecule has 0 amide bonds. The monoisotopic (exact) mass is 182 g/mol. The lowest BCUT2D eigenvalue weighted by Crippen LogP contribution is -2.48. The molecule has 0 bridgehead atoms. The van der Waals surface area contributed by atoms with E-state index in [9.17, 15) is 0 Å². The van der Waals surface area contributed by atoms with Crippen molar-refractivity contribution in [3.63, 3.8) is 0 Å². The lowest BCUT2D eigenvalue weighted by atomic mass is 9.95. The zero-order valence-corrected chi connectivity index (χ0v) is 9.00. The van der Waals surface area contributed by atoms with Crippen molar-refractivity contribution in [2.75, 3.05) is 39.8 Å². The molecular weight excluding hydrogens is 160 g/mol. The second-order valence-electron chi connectivity index (χ2n) is 4.91. The quantitative estimate of drug-likeness (QED) is 0.649. The number of hydrogen-bond donors (Lipinski definition) is 0. The second-order valence-corrected chi connectivity index (χ2v) is 4.91. The van der Waals surface area contributed by atoms with E-state index >= 15 is 0 Å². The average Bonchev–Trinajstić information content (AvgIpc) is 2.43. The molecule has 2 saturated heterocycles. The van der Waals surface area contributed by atoms with Crippen LogP contribution in [0.2, 0.25) is 0 Å². The molecule has 2 aliphatic rings. The van der Waals surface area contributed by atoms with Gasteiger partial charge in [0.05, 0.1) is 0 Å². The largest absolute Gasteiger partial charge is 0.306 e. The minimum absolute atomic E-state index is 0.961. The summed E-state index contributed by atoms with van der Waals surface area (Å²) in [5.41, 5.74) is 0. The zero-order chi connectivity index (χ0) is 9.26. The number of rotatable bonds is 3. The van der Waals surface area contributed by atoms with Gasteiger partial charge in [-0.25, -0.2) is 0 Å². The molecule has 1 atom stereocenters. The first-order valence-corrected chi connectivity index (χ1v) is 5.68. The van der Waals surface area contributed by atoms with Gasteiger partial charge in [0.15, 0.2) is 0 Å². The molecule has 2 aliphatic heterocycles. The lowest BCUT2D eigenvalue weighted by molar-refractivity contribution is 0.0806. The third kappa shape index (κ3) is 2.23. The molecule has 0 aromatic carbocycles. The molecule has 76 valence electrons. The van der Waals surface area contributed by atoms with Crippen LogP contribution in [0.3, 0.4) is 0 Å². The molecule has 13 heavy (non-hydrogen) atoms. The smallest absolute Gasteiger partial charge is 0.00226 e. The highest BCUT2D eigenvalue weighted by molar-refractivity contribution is 4.83. The Labute approximate surface area is 81.9 Å². The maximum atomic E-state index is 2.64. The molecule has 1 unspecified atom stereocenters. The number of hydrogen-bond acceptors (Lipinski definition) is 2. The van der Waals surface area contributed by atoms with E-state index in [4.69, 9.17) is 0 Å². The standard InChI is InChI=1S/C11H22N2/c1-3-10-7-13(8-10)9-11-4-5-12(2)6-11/h10-11H,3-9H2,1-2H3. The molecular formula is C11H22N2. The first kappa shape index (κ1) is 9.47. The van der Waals surface area contributed by atoms with Gasteiger partial charge >= 0.3 is 0 Å². The SMILES string of the molecule is CCC1CN(CC2CCN(C)C2)C1. The predicted molar refractivity (Wildman–Crippen MR) is 55.8 cm³/mol. The molecule has 0 saturated carbocycles. The Bertz CT molecular complexity index is 163. The minimum Gasteiger partial charge on any atom is -0.306 e. The number of likely N-dealkylation sites (tertiary alicyclic amines) is 2. The van der Waals surface area contributed by atoms with Crippen molar-refractivity contribution in [3.8, 4) is 0 Å². The summed E-state index contributed by atoms with van der Waals surface area (Å²) in [4.78, 5) is 5.10. The van der Waals surface area contributed by atoms with Crippen LogP contribution >= 0.6 is 0 Å². The van der Waals surface area contributed by atoms with Gasteiger partial charge in [-0.15, -0.1) is 0 Å². The van der Waals surface area contributed by atoms with Gasteiger partial charge in [-0.05, 0) is 31.8 Å². The topological polar surface area (TPSA) is 6.48 Å². The van der Waals surface area contributed by atoms with Crippen LogP contribution in [-0.2, 0) is 0 Å². The van der Waals surface area contributed by atoms with E-state index in [1.165, 1.54) is 45.6 Å². The minimum atomic E-state index is 0.961. The van der Waals surface area contributed by atoms with Crippen LogP contribution < -0.4 is 0 Å². The van der Waals surface area contributed by atoms with Crippen LogP contribution in [0.5, 0.6) is 0 Å². The van der Waals surface area contributed by atoms with Gasteiger partial charge in [0.1, 0.15) is 0 Å². The molecule has 2 heteroatoms. The van der Waals surface area contributed by atoms with E-state index < -0.39 is 0 Å². The van der Waals surface area contributed by atoms with Gasteiger partial charge in [-0.3, -0.25) is 0 Å². The van der Waals surface area contributed by atoms with Crippen molar-refractivity contribution in [1.82, 2.24) is 9.80 Å². The maximum Gasteiger partial charge on any atom is 0.00226 e. The van der Waals surface area contributed by atoms with Gasteiger partial charge in [0.25, 0.3) is 0 Å². The Kier molecular flexibility index (Phi) is 2.89. The highest BCUT2D eigenvalue weighted by Gasteiger charge is 2.29. The summed E-state index contributed by atoms with van der Waals surface area (Å²) >= 11 is 0. The van der Waals surface area contributed by atoms with E-state index in [0.29, 0.717) is 0 Å². The number of nitrogens with zero attached hydrogens (tertiary/aromatic N) is 2. The maximum absolute atomic E-state index is 2.64. The Hall–Kier alpha value is -0.0800. The van der Waals surface area contributed by atoms with E-state index in [1.807, 2.05) is 0 Å². The van der Waals surface area contributed by atoms with Crippen molar-refractivity contribution in [3.05, 3.63) is 0 Å². The fourth-order valence-electron chi connectivity index (χ4n) is 2.62. The summed E-state index contributed by atoms with van der Waals surface area (Å²) in [6, 6.07) is 0. The predicted octanol–water partition coefficient (Wildman–Crippen LogP) is 1.28. The normalized spacial score (nSPS) is 32.3. The molecule has 0 radical (unpaired) electrons. The fraction of sp³-hybridized carbons (Fsp3) is 1.00. The van der Waals surface area contributed by atoms with Crippen molar-refractivity contribution in [1.29, 1.82) is 0 Å². The molecule has 0 aromatic rings. The summed E-state index contributed by atoms with van der Waals surface area (Å²) in [7, 11) is 2.24. The van der Waals surface area contributed by atoms with Crippen LogP contribution in [-0.4, -0.2) is 49.6 Å². The Morgan fingerprint density at radius 3 is 2.46 bits per heavy atom. The summed E-state index contributed by atoms with van der Waals surface area (Å²) in [6.07, 6.45) is 2.80. The van der Waals surface area contributed by atoms with Gasteiger partial charge in [0, 0.05) is 26.2 Å². The Balaban J connectivity index is 1.64. The van der Waals surface area contributed by atoms with Gasteiger partial charge < -0.3 is 9.80 Å². The third-order valence-corrected chi connectivity index (χ3v) is 3.62. The molecule has 2 heterocycles. The van der Waals surface area contributed by atoms with E-state index in [2.05, 4.69) is 23.8 Å². The zero-order valence-electron chi connectivity index (χ0n) is 9.00. The molecule has 2 rings (SSSR count). The van der Waals surface area contributed by atoms with Gasteiger partial charge in [-0.1, -0.05) is 13.3 Å². The molecule has 2 fully saturated rings. The van der Waals surface area contributed by atoms with Gasteiger partial charge in [0.2, 0.25) is 0 Å². The van der Waals surface area contributed by atoms with Crippen molar-refractivity contribution in [2.45, 2.75) is 19.8 Å². The van der Waals surface area contributed by atoms with Crippen molar-refractivity contribution < 1.29 is 0 Å². The van der Waals surface area contributed by atoms with Crippen LogP contribution in [0.25, 0.3) is 0 Å². The summed E-state index contributed by atoms with van der Waals surface area (Å²) in [6.45, 7) is 9.06. The molecule has 0 spiro atoms. The van der Waals surface area contributed by atoms with Crippen LogP contribution in [0, 0.1) is 11.8 Å². The lowest BCUT2D eigenvalue weighted by Gasteiger charge is -2.40. The Morgan fingerprint density at radius 2 is 1.92 bits per heavy atom. The first-order chi connectivity index (χ1) is 6.28. The molecule has 0 aromatic heterocycles. The summed E-state index contributed by atoms with van der Waals surface area (Å²) in [5.74, 6) is 1.97. The fourth-order valence-corrected chi connectivity index (χ4v) is 2.62. The highest BCUT2D eigenvalue weighted by Crippen LogP contribution is 2.23. The molecule has 0 N–H and O–H groups in total. The van der Waals surface area contributed by atoms with E-state index in [1.54, 1.807) is 0 Å². The van der Waals surface area contributed by atoms with Crippen LogP contribution in [0.4, 0.5) is 0 Å². The van der Waals surface area contributed by atoms with Crippen LogP contribution in [0.15, 0.2) is 0 Å². The average molecular weight is 182 g/mol. The second kappa shape index (κ2) is 3.97. The third-order valence-electron chi connectivity index (χ3n) is 3.62. The molecule has 2 nitrogen and oxygen atoms in total. The Morgan fingerprint density at radius 1 is 1.15 bits per heavy atom. The summed E-state index contributed by atoms with van der Waals surface area (Å²) < 4.78 is 0. The van der Waals surface area contributed by atoms with E-state index in [0.717, 1.165) is 11.8 Å². The van der Waals surface area contributed by atoms with E-state index in [-0.39, 0.29) is 0 Å². The highest BCUT2D eigenvalue weighted by atomic mass is 15.2. The van der Waals surface area contributed by atoms with Crippen LogP contribution in [0.1, 0.15) is 19.8 Å². The summed E-state index contributed by atoms with van der Waals surface area (Å²) in [5, 5.41) is 0. The first-order valence-electron chi connectivity index (χ1n) is 5.68. The van der Waals surface area contributed by atoms with Crippen molar-refractivity contribution in [2.24, 2.45) is 11.8 Å². The van der Waals surface area contributed by atoms with Crippen molar-refractivity contribution >= 4 is 0 Å². The molecule has 0 aliphatic carbocycles.